The first kappa shape index (κ1) is 92.2. The number of Topliss-reactive ketones (excluding diaryl/α,β-unsaturated/α-hetero) is 6. The third-order valence-corrected chi connectivity index (χ3v) is 44.0. The number of carbonyl (C=O) groups is 7. The number of hydrogen-bond acceptors (Lipinski definition) is 20. The second-order valence-electron chi connectivity index (χ2n) is 48.5. The second kappa shape index (κ2) is 32.4. The molecule has 20 aliphatic carbocycles. The summed E-state index contributed by atoms with van der Waals surface area (Å²) in [5, 5.41) is 138. The van der Waals surface area contributed by atoms with E-state index in [-0.39, 0.29) is 110 Å². The maximum atomic E-state index is 12.4. The van der Waals surface area contributed by atoms with Crippen molar-refractivity contribution >= 4 is 40.5 Å². The highest BCUT2D eigenvalue weighted by Crippen LogP contribution is 2.74. The van der Waals surface area contributed by atoms with Gasteiger partial charge in [0.25, 0.3) is 0 Å². The van der Waals surface area contributed by atoms with Crippen molar-refractivity contribution in [3.63, 3.8) is 0 Å². The number of ketones is 7. The van der Waals surface area contributed by atoms with Gasteiger partial charge in [0.05, 0.1) is 42.7 Å². The number of carbonyl (C=O) groups excluding carboxylic acids is 7. The number of aliphatic hydroxyl groups is 13. The molecule has 20 rings (SSSR count). The highest BCUT2D eigenvalue weighted by molar-refractivity contribution is 5.93. The fourth-order valence-electron chi connectivity index (χ4n) is 37.5. The zero-order valence-electron chi connectivity index (χ0n) is 76.0. The van der Waals surface area contributed by atoms with Gasteiger partial charge in [-0.3, -0.25) is 33.6 Å². The zero-order valence-corrected chi connectivity index (χ0v) is 76.0. The van der Waals surface area contributed by atoms with E-state index in [0.29, 0.717) is 146 Å². The Morgan fingerprint density at radius 1 is 0.336 bits per heavy atom. The Balaban J connectivity index is 0.000000113. The molecule has 0 radical (unpaired) electrons. The van der Waals surface area contributed by atoms with Gasteiger partial charge in [-0.25, -0.2) is 0 Å². The van der Waals surface area contributed by atoms with Gasteiger partial charge in [-0.1, -0.05) is 88.2 Å². The lowest BCUT2D eigenvalue weighted by Gasteiger charge is -2.62. The predicted octanol–water partition coefficient (Wildman–Crippen LogP) is 12.4. The Kier molecular flexibility index (Phi) is 24.5. The Bertz CT molecular complexity index is 3960. The van der Waals surface area contributed by atoms with Gasteiger partial charge in [-0.2, -0.15) is 0 Å². The van der Waals surface area contributed by atoms with E-state index in [1.807, 2.05) is 20.8 Å². The topological polar surface area (TPSA) is 382 Å². The van der Waals surface area contributed by atoms with Crippen molar-refractivity contribution in [1.82, 2.24) is 0 Å². The van der Waals surface area contributed by atoms with Gasteiger partial charge in [0, 0.05) is 59.2 Å². The SMILES string of the molecule is C[C@@H]1CC[C@@]2(C)[C@H](CC[C@@H]3[C@@H]2[C@@H](O)C[C@]2(C)C(=O)CC[C@@H]32)C1.C[C@]12CCC(=O)C=C1CC[C@@H]1[C@@H]2[C@@H](O)C[C@@]2(C)[C@H]1CC[C@]2(O)C(=O)CO.C[C@]12CCC(=O)C[C@H]1CC[C@@H]1[C@@H]2[C@@H](O)C[C@@]2(C)[C@H]1CC[C@]2(O)C(=O)CO.C[C@]12CC[C@@H](O)C[C@H]1CC[C@@H]1[C@@H]2[C@@H](O)C[C@@]2(C)[C@H]1CC[C@]2(O)C(=O)CO.C[C@]12CC[C@@H](O)C[C@H]1CC[C@@H]1[C@@H]2[C@@H](O)C[C@]2(C)C(=O)CC[C@@H]12. The van der Waals surface area contributed by atoms with Crippen molar-refractivity contribution < 1.29 is 99.9 Å². The fraction of sp³-hybridized carbons (Fsp3) is 0.912. The first-order valence-electron chi connectivity index (χ1n) is 49.4. The van der Waals surface area contributed by atoms with Crippen molar-refractivity contribution in [2.24, 2.45) is 173 Å². The van der Waals surface area contributed by atoms with Gasteiger partial charge < -0.3 is 66.4 Å². The maximum absolute atomic E-state index is 12.4. The largest absolute Gasteiger partial charge is 0.393 e. The van der Waals surface area contributed by atoms with Gasteiger partial charge in [-0.15, -0.1) is 0 Å². The van der Waals surface area contributed by atoms with Crippen molar-refractivity contribution in [2.75, 3.05) is 19.8 Å². The van der Waals surface area contributed by atoms with Gasteiger partial charge >= 0.3 is 0 Å². The Hall–Kier alpha value is -3.09. The van der Waals surface area contributed by atoms with Crippen LogP contribution in [0.5, 0.6) is 0 Å². The van der Waals surface area contributed by atoms with Crippen LogP contribution in [0.2, 0.25) is 0 Å². The van der Waals surface area contributed by atoms with Gasteiger partial charge in [-0.05, 0) is 363 Å². The average Bonchev–Trinajstić information content (AvgIpc) is 1.50. The molecule has 0 heterocycles. The zero-order chi connectivity index (χ0) is 88.1. The smallest absolute Gasteiger partial charge is 0.190 e. The molecule has 40 atom stereocenters. The van der Waals surface area contributed by atoms with Crippen LogP contribution in [0.15, 0.2) is 11.6 Å². The van der Waals surface area contributed by atoms with Crippen LogP contribution >= 0.6 is 0 Å². The first-order chi connectivity index (χ1) is 57.2. The molecule has 122 heavy (non-hydrogen) atoms. The molecule has 20 aliphatic rings. The van der Waals surface area contributed by atoms with Crippen LogP contribution in [0.25, 0.3) is 0 Å². The first-order valence-corrected chi connectivity index (χ1v) is 49.4. The molecule has 0 saturated heterocycles. The molecular weight excluding hydrogens is 1550 g/mol. The van der Waals surface area contributed by atoms with E-state index in [2.05, 4.69) is 55.4 Å². The van der Waals surface area contributed by atoms with E-state index in [1.54, 1.807) is 6.08 Å². The second-order valence-corrected chi connectivity index (χ2v) is 48.5. The summed E-state index contributed by atoms with van der Waals surface area (Å²) in [5.74, 6) is 7.53. The van der Waals surface area contributed by atoms with Crippen molar-refractivity contribution in [3.05, 3.63) is 11.6 Å². The minimum Gasteiger partial charge on any atom is -0.393 e. The molecule has 0 aliphatic heterocycles. The van der Waals surface area contributed by atoms with Crippen LogP contribution in [0.3, 0.4) is 0 Å². The molecule has 686 valence electrons. The monoisotopic (exact) mass is 1700 g/mol. The Labute approximate surface area is 726 Å². The van der Waals surface area contributed by atoms with E-state index in [9.17, 15) is 99.9 Å². The van der Waals surface area contributed by atoms with Gasteiger partial charge in [0.15, 0.2) is 23.1 Å². The molecule has 19 saturated carbocycles. The fourth-order valence-corrected chi connectivity index (χ4v) is 37.5. The van der Waals surface area contributed by atoms with Crippen molar-refractivity contribution in [3.8, 4) is 0 Å². The van der Waals surface area contributed by atoms with Gasteiger partial charge in [0.2, 0.25) is 0 Å². The number of hydrogen-bond donors (Lipinski definition) is 13. The van der Waals surface area contributed by atoms with E-state index in [0.717, 1.165) is 160 Å². The molecule has 0 aromatic rings. The predicted molar refractivity (Wildman–Crippen MR) is 458 cm³/mol. The van der Waals surface area contributed by atoms with Crippen LogP contribution < -0.4 is 0 Å². The third kappa shape index (κ3) is 13.8. The third-order valence-electron chi connectivity index (χ3n) is 44.0. The molecule has 0 aromatic carbocycles. The summed E-state index contributed by atoms with van der Waals surface area (Å²) < 4.78 is 0. The average molecular weight is 1700 g/mol. The van der Waals surface area contributed by atoms with Crippen LogP contribution in [0.1, 0.15) is 327 Å². The number of aliphatic hydroxyl groups excluding tert-OH is 10. The molecule has 13 N–H and O–H groups in total. The van der Waals surface area contributed by atoms with Crippen LogP contribution in [-0.2, 0) is 33.6 Å². The lowest BCUT2D eigenvalue weighted by molar-refractivity contribution is -0.202. The van der Waals surface area contributed by atoms with E-state index in [4.69, 9.17) is 0 Å². The van der Waals surface area contributed by atoms with Crippen molar-refractivity contribution in [2.45, 2.75) is 386 Å². The molecule has 0 spiro atoms. The summed E-state index contributed by atoms with van der Waals surface area (Å²) in [6.45, 7) is 22.1. The number of fused-ring (bicyclic) bond motifs is 25. The van der Waals surface area contributed by atoms with Gasteiger partial charge in [0.1, 0.15) is 54.0 Å². The maximum Gasteiger partial charge on any atom is 0.190 e. The Morgan fingerprint density at radius 2 is 0.680 bits per heavy atom. The standard InChI is InChI=1S/C21H34O5.C21H32O5.C21H30O5.C20H32O2.C19H30O3/c3*1-19-7-5-13(23)9-12(19)3-4-14-15-6-8-21(26,17(25)11-22)20(15,2)10-16(24)18(14)19;1-12-8-9-19(2)13(10-12)4-5-14-15-6-7-17(22)20(15,3)11-16(21)18(14)19;1-18-8-7-12(20)9-11(18)3-4-13-14-5-6-16(22)19(14,2)10-15(21)17(13)18/h12-16,18,22-24,26H,3-11H2,1-2H3;12,14-16,18,22,24,26H,3-11H2,1-2H3;9,14-16,18,22,24,26H,3-8,10-11H2,1-2H3;12-16,18,21H,4-11H2,1-3H3;11-15,17,20-21H,3-10H2,1-2H3/t12-,13-,14+,15+,16+,18-,19+,20+,21+;12-,14+,15+,16+,18-,19+,20+,21+;14-,15-,16-,18+,19-,20-,21-;12-,13-,14+,15+,16+,18-,19+,20+;11-,12-,13+,14+,15+,17-,18+,19+/m11011/s1. The van der Waals surface area contributed by atoms with Crippen molar-refractivity contribution in [1.29, 1.82) is 0 Å². The molecular formula is C102H158O20. The summed E-state index contributed by atoms with van der Waals surface area (Å²) >= 11 is 0. The van der Waals surface area contributed by atoms with Crippen LogP contribution in [-0.4, -0.2) is 186 Å². The molecule has 19 fully saturated rings. The lowest BCUT2D eigenvalue weighted by Crippen LogP contribution is -2.63. The summed E-state index contributed by atoms with van der Waals surface area (Å²) in [6, 6.07) is 0. The van der Waals surface area contributed by atoms with E-state index < -0.39 is 88.5 Å². The Morgan fingerprint density at radius 3 is 1.08 bits per heavy atom. The summed E-state index contributed by atoms with van der Waals surface area (Å²) in [6.07, 6.45) is 32.2. The molecule has 0 amide bonds. The van der Waals surface area contributed by atoms with E-state index in [1.165, 1.54) is 44.1 Å². The highest BCUT2D eigenvalue weighted by Gasteiger charge is 2.74. The highest BCUT2D eigenvalue weighted by atomic mass is 16.3. The molecule has 0 bridgehead atoms. The number of rotatable bonds is 6. The molecule has 0 unspecified atom stereocenters. The summed E-state index contributed by atoms with van der Waals surface area (Å²) in [4.78, 5) is 85.8. The molecule has 20 nitrogen and oxygen atoms in total. The normalized spacial score (nSPS) is 55.1. The molecule has 0 aromatic heterocycles. The van der Waals surface area contributed by atoms with Crippen LogP contribution in [0.4, 0.5) is 0 Å². The van der Waals surface area contributed by atoms with Crippen LogP contribution in [0, 0.1) is 173 Å². The quantitative estimate of drug-likeness (QED) is 0.117. The molecule has 20 heteroatoms. The minimum atomic E-state index is -1.54. The summed E-state index contributed by atoms with van der Waals surface area (Å²) in [5.41, 5.74) is -5.61. The lowest BCUT2D eigenvalue weighted by atomic mass is 9.43. The van der Waals surface area contributed by atoms with E-state index >= 15 is 0 Å². The minimum absolute atomic E-state index is 0.0285. The summed E-state index contributed by atoms with van der Waals surface area (Å²) in [7, 11) is 0. The number of allylic oxidation sites excluding steroid dienone is 1.